The van der Waals surface area contributed by atoms with Crippen molar-refractivity contribution in [3.63, 3.8) is 0 Å². The second-order valence-corrected chi connectivity index (χ2v) is 6.57. The number of aliphatic imine (C=N–C) groups is 1. The van der Waals surface area contributed by atoms with Gasteiger partial charge in [-0.3, -0.25) is 0 Å². The van der Waals surface area contributed by atoms with Crippen LogP contribution < -0.4 is 5.73 Å². The molecule has 3 aliphatic rings. The SMILES string of the molecule is NC(=NC1CCCCC1)N(CC1CC1)CC1CC1. The number of rotatable bonds is 5. The molecule has 0 heterocycles. The summed E-state index contributed by atoms with van der Waals surface area (Å²) in [4.78, 5) is 7.21. The fraction of sp³-hybridized carbons (Fsp3) is 0.933. The third-order valence-corrected chi connectivity index (χ3v) is 4.56. The van der Waals surface area contributed by atoms with E-state index in [0.29, 0.717) is 6.04 Å². The van der Waals surface area contributed by atoms with Crippen LogP contribution in [-0.4, -0.2) is 30.0 Å². The molecule has 0 aromatic rings. The maximum absolute atomic E-state index is 6.28. The molecule has 0 amide bonds. The second-order valence-electron chi connectivity index (χ2n) is 6.57. The minimum atomic E-state index is 0.514. The summed E-state index contributed by atoms with van der Waals surface area (Å²) in [6.45, 7) is 2.33. The Bertz CT molecular complexity index is 285. The lowest BCUT2D eigenvalue weighted by Crippen LogP contribution is -2.41. The van der Waals surface area contributed by atoms with Crippen LogP contribution in [0.15, 0.2) is 4.99 Å². The molecular weight excluding hydrogens is 222 g/mol. The summed E-state index contributed by atoms with van der Waals surface area (Å²) in [5, 5.41) is 0. The van der Waals surface area contributed by atoms with Gasteiger partial charge >= 0.3 is 0 Å². The van der Waals surface area contributed by atoms with Crippen molar-refractivity contribution >= 4 is 5.96 Å². The first-order valence-corrected chi connectivity index (χ1v) is 7.89. The van der Waals surface area contributed by atoms with Crippen molar-refractivity contribution in [3.05, 3.63) is 0 Å². The maximum atomic E-state index is 6.28. The zero-order valence-electron chi connectivity index (χ0n) is 11.5. The highest BCUT2D eigenvalue weighted by atomic mass is 15.3. The molecule has 3 fully saturated rings. The molecule has 3 nitrogen and oxygen atoms in total. The van der Waals surface area contributed by atoms with Crippen LogP contribution in [0.4, 0.5) is 0 Å². The van der Waals surface area contributed by atoms with Gasteiger partial charge in [-0.1, -0.05) is 19.3 Å². The van der Waals surface area contributed by atoms with Crippen LogP contribution >= 0.6 is 0 Å². The first-order chi connectivity index (χ1) is 8.81. The molecular formula is C15H27N3. The van der Waals surface area contributed by atoms with E-state index in [-0.39, 0.29) is 0 Å². The van der Waals surface area contributed by atoms with Gasteiger partial charge < -0.3 is 10.6 Å². The molecule has 0 unspecified atom stereocenters. The average Bonchev–Trinajstić information content (AvgIpc) is 3.24. The van der Waals surface area contributed by atoms with Crippen molar-refractivity contribution < 1.29 is 0 Å². The second kappa shape index (κ2) is 5.50. The average molecular weight is 249 g/mol. The predicted molar refractivity (Wildman–Crippen MR) is 75.5 cm³/mol. The van der Waals surface area contributed by atoms with Gasteiger partial charge in [-0.05, 0) is 50.4 Å². The highest BCUT2D eigenvalue weighted by Gasteiger charge is 2.30. The third kappa shape index (κ3) is 3.63. The topological polar surface area (TPSA) is 41.6 Å². The Morgan fingerprint density at radius 3 is 1.94 bits per heavy atom. The quantitative estimate of drug-likeness (QED) is 0.601. The van der Waals surface area contributed by atoms with E-state index >= 15 is 0 Å². The lowest BCUT2D eigenvalue weighted by atomic mass is 9.96. The van der Waals surface area contributed by atoms with E-state index in [0.717, 1.165) is 17.8 Å². The molecule has 0 bridgehead atoms. The first kappa shape index (κ1) is 12.3. The van der Waals surface area contributed by atoms with E-state index in [1.54, 1.807) is 0 Å². The summed E-state index contributed by atoms with van der Waals surface area (Å²) >= 11 is 0. The van der Waals surface area contributed by atoms with Gasteiger partial charge in [0.05, 0.1) is 6.04 Å². The summed E-state index contributed by atoms with van der Waals surface area (Å²) in [5.74, 6) is 2.66. The zero-order chi connectivity index (χ0) is 12.4. The third-order valence-electron chi connectivity index (χ3n) is 4.56. The van der Waals surface area contributed by atoms with Gasteiger partial charge in [-0.25, -0.2) is 4.99 Å². The Kier molecular flexibility index (Phi) is 3.76. The molecule has 2 N–H and O–H groups in total. The Hall–Kier alpha value is -0.730. The van der Waals surface area contributed by atoms with Crippen LogP contribution in [0.1, 0.15) is 57.8 Å². The summed E-state index contributed by atoms with van der Waals surface area (Å²) < 4.78 is 0. The Morgan fingerprint density at radius 2 is 1.44 bits per heavy atom. The molecule has 18 heavy (non-hydrogen) atoms. The van der Waals surface area contributed by atoms with E-state index in [1.807, 2.05) is 0 Å². The smallest absolute Gasteiger partial charge is 0.191 e. The number of guanidine groups is 1. The normalized spacial score (nSPS) is 26.3. The van der Waals surface area contributed by atoms with Crippen molar-refractivity contribution in [1.82, 2.24) is 4.90 Å². The van der Waals surface area contributed by atoms with Crippen molar-refractivity contribution in [2.75, 3.05) is 13.1 Å². The van der Waals surface area contributed by atoms with Crippen molar-refractivity contribution in [3.8, 4) is 0 Å². The van der Waals surface area contributed by atoms with Gasteiger partial charge in [-0.2, -0.15) is 0 Å². The lowest BCUT2D eigenvalue weighted by Gasteiger charge is -2.26. The van der Waals surface area contributed by atoms with Gasteiger partial charge in [0.2, 0.25) is 0 Å². The van der Waals surface area contributed by atoms with Crippen LogP contribution in [0.2, 0.25) is 0 Å². The summed E-state index contributed by atoms with van der Waals surface area (Å²) in [7, 11) is 0. The molecule has 0 spiro atoms. The van der Waals surface area contributed by atoms with Crippen LogP contribution in [0.3, 0.4) is 0 Å². The van der Waals surface area contributed by atoms with Crippen LogP contribution in [0.5, 0.6) is 0 Å². The van der Waals surface area contributed by atoms with Gasteiger partial charge in [0.1, 0.15) is 0 Å². The van der Waals surface area contributed by atoms with E-state index in [2.05, 4.69) is 4.90 Å². The number of nitrogens with two attached hydrogens (primary N) is 1. The standard InChI is InChI=1S/C15H27N3/c16-15(17-14-4-2-1-3-5-14)18(10-12-6-7-12)11-13-8-9-13/h12-14H,1-11H2,(H2,16,17). The molecule has 0 radical (unpaired) electrons. The first-order valence-electron chi connectivity index (χ1n) is 7.89. The minimum Gasteiger partial charge on any atom is -0.370 e. The minimum absolute atomic E-state index is 0.514. The van der Waals surface area contributed by atoms with Gasteiger partial charge in [0.25, 0.3) is 0 Å². The molecule has 3 heteroatoms. The van der Waals surface area contributed by atoms with Gasteiger partial charge in [-0.15, -0.1) is 0 Å². The molecule has 0 atom stereocenters. The molecule has 0 aromatic carbocycles. The van der Waals surface area contributed by atoms with E-state index in [4.69, 9.17) is 10.7 Å². The molecule has 102 valence electrons. The number of hydrogen-bond donors (Lipinski definition) is 1. The summed E-state index contributed by atoms with van der Waals surface area (Å²) in [5.41, 5.74) is 6.28. The van der Waals surface area contributed by atoms with Gasteiger partial charge in [0.15, 0.2) is 5.96 Å². The van der Waals surface area contributed by atoms with E-state index in [1.165, 1.54) is 70.9 Å². The Labute approximate surface area is 111 Å². The van der Waals surface area contributed by atoms with Crippen molar-refractivity contribution in [2.24, 2.45) is 22.6 Å². The molecule has 3 rings (SSSR count). The summed E-state index contributed by atoms with van der Waals surface area (Å²) in [6, 6.07) is 0.514. The molecule has 0 saturated heterocycles. The fourth-order valence-electron chi connectivity index (χ4n) is 2.96. The molecule has 0 aromatic heterocycles. The highest BCUT2D eigenvalue weighted by Crippen LogP contribution is 2.33. The Morgan fingerprint density at radius 1 is 0.889 bits per heavy atom. The van der Waals surface area contributed by atoms with E-state index < -0.39 is 0 Å². The van der Waals surface area contributed by atoms with E-state index in [9.17, 15) is 0 Å². The lowest BCUT2D eigenvalue weighted by molar-refractivity contribution is 0.369. The van der Waals surface area contributed by atoms with Crippen molar-refractivity contribution in [1.29, 1.82) is 0 Å². The van der Waals surface area contributed by atoms with Gasteiger partial charge in [0, 0.05) is 13.1 Å². The largest absolute Gasteiger partial charge is 0.370 e. The summed E-state index contributed by atoms with van der Waals surface area (Å²) in [6.07, 6.45) is 12.2. The molecule has 3 aliphatic carbocycles. The fourth-order valence-corrected chi connectivity index (χ4v) is 2.96. The zero-order valence-corrected chi connectivity index (χ0v) is 11.5. The number of nitrogens with zero attached hydrogens (tertiary/aromatic N) is 2. The number of hydrogen-bond acceptors (Lipinski definition) is 1. The predicted octanol–water partition coefficient (Wildman–Crippen LogP) is 2.76. The van der Waals surface area contributed by atoms with Crippen LogP contribution in [-0.2, 0) is 0 Å². The Balaban J connectivity index is 1.57. The van der Waals surface area contributed by atoms with Crippen LogP contribution in [0, 0.1) is 11.8 Å². The molecule has 3 saturated carbocycles. The van der Waals surface area contributed by atoms with Crippen molar-refractivity contribution in [2.45, 2.75) is 63.8 Å². The molecule has 0 aliphatic heterocycles. The highest BCUT2D eigenvalue weighted by molar-refractivity contribution is 5.78. The monoisotopic (exact) mass is 249 g/mol. The maximum Gasteiger partial charge on any atom is 0.191 e. The van der Waals surface area contributed by atoms with Crippen LogP contribution in [0.25, 0.3) is 0 Å².